The summed E-state index contributed by atoms with van der Waals surface area (Å²) < 4.78 is 3.06. The van der Waals surface area contributed by atoms with Crippen molar-refractivity contribution < 1.29 is 0 Å². The molecule has 0 radical (unpaired) electrons. The molecule has 124 valence electrons. The van der Waals surface area contributed by atoms with Gasteiger partial charge in [-0.05, 0) is 29.7 Å². The van der Waals surface area contributed by atoms with Gasteiger partial charge in [0.1, 0.15) is 0 Å². The number of nitrogens with one attached hydrogen (secondary N) is 1. The number of hydrogen-bond donors (Lipinski definition) is 1. The van der Waals surface area contributed by atoms with Crippen LogP contribution >= 0.6 is 15.9 Å². The number of benzene rings is 1. The Bertz CT molecular complexity index is 606. The average molecular weight is 378 g/mol. The maximum absolute atomic E-state index is 4.37. The lowest BCUT2D eigenvalue weighted by atomic mass is 10.2. The van der Waals surface area contributed by atoms with Crippen LogP contribution in [0.2, 0.25) is 0 Å². The molecular formula is C17H24BrN5. The smallest absolute Gasteiger partial charge is 0.193 e. The Kier molecular flexibility index (Phi) is 6.65. The normalized spacial score (nSPS) is 13.0. The summed E-state index contributed by atoms with van der Waals surface area (Å²) in [4.78, 5) is 6.50. The molecule has 2 aromatic rings. The number of aliphatic imine (C=N–C) groups is 1. The molecule has 1 N–H and O–H groups in total. The minimum absolute atomic E-state index is 0.465. The molecule has 1 atom stereocenters. The van der Waals surface area contributed by atoms with Crippen LogP contribution in [-0.4, -0.2) is 41.3 Å². The van der Waals surface area contributed by atoms with E-state index in [1.807, 2.05) is 30.2 Å². The van der Waals surface area contributed by atoms with Crippen molar-refractivity contribution in [2.75, 3.05) is 20.6 Å². The lowest BCUT2D eigenvalue weighted by Gasteiger charge is -2.23. The van der Waals surface area contributed by atoms with Crippen LogP contribution in [0, 0.1) is 5.92 Å². The van der Waals surface area contributed by atoms with Gasteiger partial charge in [0, 0.05) is 50.6 Å². The fourth-order valence-corrected chi connectivity index (χ4v) is 2.65. The summed E-state index contributed by atoms with van der Waals surface area (Å²) in [5.41, 5.74) is 1.25. The number of halogens is 1. The predicted molar refractivity (Wildman–Crippen MR) is 98.4 cm³/mol. The van der Waals surface area contributed by atoms with Crippen molar-refractivity contribution in [3.05, 3.63) is 52.8 Å². The summed E-state index contributed by atoms with van der Waals surface area (Å²) in [6.45, 7) is 4.78. The molecule has 6 heteroatoms. The fourth-order valence-electron chi connectivity index (χ4n) is 2.38. The van der Waals surface area contributed by atoms with E-state index in [9.17, 15) is 0 Å². The van der Waals surface area contributed by atoms with Crippen LogP contribution < -0.4 is 5.32 Å². The van der Waals surface area contributed by atoms with Crippen molar-refractivity contribution in [3.63, 3.8) is 0 Å². The van der Waals surface area contributed by atoms with E-state index in [-0.39, 0.29) is 0 Å². The highest BCUT2D eigenvalue weighted by molar-refractivity contribution is 9.10. The van der Waals surface area contributed by atoms with Gasteiger partial charge < -0.3 is 10.2 Å². The Morgan fingerprint density at radius 2 is 2.13 bits per heavy atom. The van der Waals surface area contributed by atoms with E-state index in [1.165, 1.54) is 5.56 Å². The minimum atomic E-state index is 0.465. The average Bonchev–Trinajstić information content (AvgIpc) is 3.03. The molecule has 23 heavy (non-hydrogen) atoms. The second-order valence-corrected chi connectivity index (χ2v) is 6.66. The molecule has 0 fully saturated rings. The van der Waals surface area contributed by atoms with Crippen molar-refractivity contribution in [2.24, 2.45) is 10.9 Å². The standard InChI is InChI=1S/C17H24BrN5/c1-14(12-23-10-4-9-21-23)11-20-17(19-2)22(3)13-15-5-7-16(18)8-6-15/h4-10,14H,11-13H2,1-3H3,(H,19,20). The largest absolute Gasteiger partial charge is 0.356 e. The van der Waals surface area contributed by atoms with Gasteiger partial charge in [-0.15, -0.1) is 0 Å². The summed E-state index contributed by atoms with van der Waals surface area (Å²) in [6.07, 6.45) is 3.80. The lowest BCUT2D eigenvalue weighted by Crippen LogP contribution is -2.40. The molecule has 1 aromatic heterocycles. The van der Waals surface area contributed by atoms with E-state index < -0.39 is 0 Å². The summed E-state index contributed by atoms with van der Waals surface area (Å²) in [6, 6.07) is 10.3. The quantitative estimate of drug-likeness (QED) is 0.621. The topological polar surface area (TPSA) is 45.5 Å². The highest BCUT2D eigenvalue weighted by Crippen LogP contribution is 2.11. The number of rotatable bonds is 6. The van der Waals surface area contributed by atoms with Gasteiger partial charge in [-0.2, -0.15) is 5.10 Å². The lowest BCUT2D eigenvalue weighted by molar-refractivity contribution is 0.423. The van der Waals surface area contributed by atoms with Crippen molar-refractivity contribution in [2.45, 2.75) is 20.0 Å². The van der Waals surface area contributed by atoms with E-state index in [0.717, 1.165) is 30.1 Å². The molecule has 0 bridgehead atoms. The third-order valence-corrected chi connectivity index (χ3v) is 4.10. The highest BCUT2D eigenvalue weighted by atomic mass is 79.9. The van der Waals surface area contributed by atoms with E-state index in [1.54, 1.807) is 0 Å². The van der Waals surface area contributed by atoms with Gasteiger partial charge in [0.2, 0.25) is 0 Å². The van der Waals surface area contributed by atoms with E-state index >= 15 is 0 Å². The Labute approximate surface area is 146 Å². The summed E-state index contributed by atoms with van der Waals surface area (Å²) in [7, 11) is 3.87. The maximum Gasteiger partial charge on any atom is 0.193 e. The first kappa shape index (κ1) is 17.5. The van der Waals surface area contributed by atoms with Gasteiger partial charge in [0.15, 0.2) is 5.96 Å². The van der Waals surface area contributed by atoms with Gasteiger partial charge in [0.25, 0.3) is 0 Å². The number of hydrogen-bond acceptors (Lipinski definition) is 2. The third kappa shape index (κ3) is 5.71. The summed E-state index contributed by atoms with van der Waals surface area (Å²) >= 11 is 3.46. The highest BCUT2D eigenvalue weighted by Gasteiger charge is 2.09. The molecule has 0 amide bonds. The van der Waals surface area contributed by atoms with Crippen LogP contribution in [0.25, 0.3) is 0 Å². The minimum Gasteiger partial charge on any atom is -0.356 e. The van der Waals surface area contributed by atoms with Crippen molar-refractivity contribution in [1.29, 1.82) is 0 Å². The van der Waals surface area contributed by atoms with Crippen molar-refractivity contribution >= 4 is 21.9 Å². The van der Waals surface area contributed by atoms with Gasteiger partial charge >= 0.3 is 0 Å². The van der Waals surface area contributed by atoms with Crippen LogP contribution in [0.3, 0.4) is 0 Å². The third-order valence-electron chi connectivity index (χ3n) is 3.57. The molecule has 0 saturated heterocycles. The molecule has 0 aliphatic heterocycles. The van der Waals surface area contributed by atoms with Crippen LogP contribution in [0.5, 0.6) is 0 Å². The fraction of sp³-hybridized carbons (Fsp3) is 0.412. The second-order valence-electron chi connectivity index (χ2n) is 5.74. The second kappa shape index (κ2) is 8.72. The predicted octanol–water partition coefficient (Wildman–Crippen LogP) is 2.99. The number of aromatic nitrogens is 2. The van der Waals surface area contributed by atoms with E-state index in [0.29, 0.717) is 5.92 Å². The van der Waals surface area contributed by atoms with Gasteiger partial charge in [-0.25, -0.2) is 0 Å². The molecule has 1 heterocycles. The number of guanidine groups is 1. The first-order chi connectivity index (χ1) is 11.1. The SMILES string of the molecule is CN=C(NCC(C)Cn1cccn1)N(C)Cc1ccc(Br)cc1. The molecule has 1 aromatic carbocycles. The summed E-state index contributed by atoms with van der Waals surface area (Å²) in [5.74, 6) is 1.37. The molecule has 5 nitrogen and oxygen atoms in total. The Balaban J connectivity index is 1.83. The van der Waals surface area contributed by atoms with Gasteiger partial charge in [0.05, 0.1) is 0 Å². The maximum atomic E-state index is 4.37. The van der Waals surface area contributed by atoms with Crippen molar-refractivity contribution in [3.8, 4) is 0 Å². The Hall–Kier alpha value is -1.82. The molecule has 0 spiro atoms. The zero-order valence-electron chi connectivity index (χ0n) is 13.9. The zero-order chi connectivity index (χ0) is 16.7. The molecule has 1 unspecified atom stereocenters. The van der Waals surface area contributed by atoms with E-state index in [2.05, 4.69) is 74.5 Å². The van der Waals surface area contributed by atoms with Crippen LogP contribution in [-0.2, 0) is 13.1 Å². The van der Waals surface area contributed by atoms with Crippen LogP contribution in [0.15, 0.2) is 52.2 Å². The van der Waals surface area contributed by atoms with Gasteiger partial charge in [-0.1, -0.05) is 35.0 Å². The van der Waals surface area contributed by atoms with Crippen molar-refractivity contribution in [1.82, 2.24) is 20.0 Å². The molecule has 0 saturated carbocycles. The van der Waals surface area contributed by atoms with E-state index in [4.69, 9.17) is 0 Å². The molecular weight excluding hydrogens is 354 g/mol. The van der Waals surface area contributed by atoms with Crippen LogP contribution in [0.1, 0.15) is 12.5 Å². The molecule has 0 aliphatic carbocycles. The summed E-state index contributed by atoms with van der Waals surface area (Å²) in [5, 5.41) is 7.68. The Morgan fingerprint density at radius 1 is 1.39 bits per heavy atom. The molecule has 2 rings (SSSR count). The first-order valence-corrected chi connectivity index (χ1v) is 8.51. The number of nitrogens with zero attached hydrogens (tertiary/aromatic N) is 4. The Morgan fingerprint density at radius 3 is 2.74 bits per heavy atom. The molecule has 0 aliphatic rings. The van der Waals surface area contributed by atoms with Crippen LogP contribution in [0.4, 0.5) is 0 Å². The van der Waals surface area contributed by atoms with Gasteiger partial charge in [-0.3, -0.25) is 9.67 Å². The first-order valence-electron chi connectivity index (χ1n) is 7.72. The monoisotopic (exact) mass is 377 g/mol. The zero-order valence-corrected chi connectivity index (χ0v) is 15.5.